The van der Waals surface area contributed by atoms with Crippen molar-refractivity contribution in [2.24, 2.45) is 0 Å². The monoisotopic (exact) mass is 473 g/mol. The summed E-state index contributed by atoms with van der Waals surface area (Å²) in [6, 6.07) is 11.4. The lowest BCUT2D eigenvalue weighted by molar-refractivity contribution is -0.144. The maximum absolute atomic E-state index is 11.5. The summed E-state index contributed by atoms with van der Waals surface area (Å²) >= 11 is 3.46. The van der Waals surface area contributed by atoms with E-state index in [-0.39, 0.29) is 12.5 Å². The average Bonchev–Trinajstić information content (AvgIpc) is 2.69. The van der Waals surface area contributed by atoms with Gasteiger partial charge >= 0.3 is 5.97 Å². The Morgan fingerprint density at radius 2 is 2.10 bits per heavy atom. The van der Waals surface area contributed by atoms with Gasteiger partial charge in [-0.25, -0.2) is 9.97 Å². The number of hydrogen-bond donors (Lipinski definition) is 2. The Kier molecular flexibility index (Phi) is 7.42. The van der Waals surface area contributed by atoms with Crippen molar-refractivity contribution in [1.82, 2.24) is 14.9 Å². The molecule has 0 unspecified atom stereocenters. The van der Waals surface area contributed by atoms with Crippen LogP contribution in [0.1, 0.15) is 6.92 Å². The molecule has 1 aromatic heterocycles. The Hall–Kier alpha value is -2.91. The molecule has 3 rings (SSSR count). The first-order valence-electron chi connectivity index (χ1n) is 9.50. The van der Waals surface area contributed by atoms with Crippen LogP contribution in [0.5, 0.6) is 5.75 Å². The molecular weight excluding hydrogens is 450 g/mol. The van der Waals surface area contributed by atoms with Crippen LogP contribution in [0.15, 0.2) is 47.2 Å². The third-order valence-corrected chi connectivity index (χ3v) is 4.78. The Balaban J connectivity index is 1.69. The van der Waals surface area contributed by atoms with Crippen molar-refractivity contribution in [3.63, 3.8) is 0 Å². The molecule has 0 amide bonds. The molecule has 0 aliphatic rings. The lowest BCUT2D eigenvalue weighted by Gasteiger charge is -2.17. The number of nitrogens with two attached hydrogens (primary N) is 1. The van der Waals surface area contributed by atoms with Gasteiger partial charge in [-0.2, -0.15) is 0 Å². The first-order valence-corrected chi connectivity index (χ1v) is 10.3. The van der Waals surface area contributed by atoms with Gasteiger partial charge < -0.3 is 20.5 Å². The van der Waals surface area contributed by atoms with Crippen molar-refractivity contribution in [2.75, 3.05) is 44.4 Å². The largest absolute Gasteiger partial charge is 0.490 e. The number of hydrogen-bond acceptors (Lipinski definition) is 8. The molecule has 1 heterocycles. The summed E-state index contributed by atoms with van der Waals surface area (Å²) in [6.45, 7) is 3.29. The predicted molar refractivity (Wildman–Crippen MR) is 121 cm³/mol. The molecule has 0 atom stereocenters. The summed E-state index contributed by atoms with van der Waals surface area (Å²) in [5, 5.41) is 4.09. The van der Waals surface area contributed by atoms with Gasteiger partial charge in [0, 0.05) is 28.2 Å². The smallest absolute Gasteiger partial charge is 0.320 e. The molecule has 0 aliphatic heterocycles. The van der Waals surface area contributed by atoms with E-state index >= 15 is 0 Å². The number of aromatic nitrogens is 2. The minimum absolute atomic E-state index is 0.211. The molecular formula is C21H24BrN5O3. The molecule has 3 aromatic rings. The lowest BCUT2D eigenvalue weighted by Crippen LogP contribution is -2.31. The van der Waals surface area contributed by atoms with E-state index in [1.54, 1.807) is 19.1 Å². The Morgan fingerprint density at radius 3 is 2.87 bits per heavy atom. The number of nitrogens with one attached hydrogen (secondary N) is 1. The molecule has 9 heteroatoms. The molecule has 2 aromatic carbocycles. The van der Waals surface area contributed by atoms with Gasteiger partial charge in [-0.05, 0) is 38.2 Å². The topological polar surface area (TPSA) is 103 Å². The summed E-state index contributed by atoms with van der Waals surface area (Å²) in [5.41, 5.74) is 8.31. The number of rotatable bonds is 9. The van der Waals surface area contributed by atoms with E-state index in [1.807, 2.05) is 36.2 Å². The van der Waals surface area contributed by atoms with Gasteiger partial charge in [0.25, 0.3) is 0 Å². The minimum Gasteiger partial charge on any atom is -0.490 e. The van der Waals surface area contributed by atoms with E-state index in [0.29, 0.717) is 42.5 Å². The van der Waals surface area contributed by atoms with Gasteiger partial charge in [-0.3, -0.25) is 9.69 Å². The van der Waals surface area contributed by atoms with Gasteiger partial charge in [0.1, 0.15) is 24.5 Å². The summed E-state index contributed by atoms with van der Waals surface area (Å²) < 4.78 is 11.7. The van der Waals surface area contributed by atoms with Gasteiger partial charge in [0.2, 0.25) is 0 Å². The van der Waals surface area contributed by atoms with Crippen LogP contribution in [0.2, 0.25) is 0 Å². The van der Waals surface area contributed by atoms with Crippen LogP contribution >= 0.6 is 15.9 Å². The number of esters is 1. The maximum atomic E-state index is 11.5. The summed E-state index contributed by atoms with van der Waals surface area (Å²) in [5.74, 6) is 0.942. The zero-order valence-electron chi connectivity index (χ0n) is 16.9. The maximum Gasteiger partial charge on any atom is 0.320 e. The van der Waals surface area contributed by atoms with E-state index in [0.717, 1.165) is 15.5 Å². The van der Waals surface area contributed by atoms with E-state index in [4.69, 9.17) is 15.2 Å². The predicted octanol–water partition coefficient (Wildman–Crippen LogP) is 3.59. The molecule has 0 aliphatic carbocycles. The number of carbonyl (C=O) groups is 1. The van der Waals surface area contributed by atoms with E-state index in [9.17, 15) is 4.79 Å². The second-order valence-electron chi connectivity index (χ2n) is 6.66. The van der Waals surface area contributed by atoms with Gasteiger partial charge in [0.05, 0.1) is 24.4 Å². The SMILES string of the molecule is CCOC(=O)CN(C)CCOc1cc2ncnc(Nc3cccc(Br)c3)c2cc1N. The van der Waals surface area contributed by atoms with Crippen LogP contribution in [0.4, 0.5) is 17.2 Å². The Labute approximate surface area is 183 Å². The number of halogens is 1. The number of anilines is 3. The van der Waals surface area contributed by atoms with Crippen LogP contribution in [-0.2, 0) is 9.53 Å². The van der Waals surface area contributed by atoms with Gasteiger partial charge in [-0.15, -0.1) is 0 Å². The Bertz CT molecular complexity index is 1030. The fourth-order valence-electron chi connectivity index (χ4n) is 2.85. The number of carbonyl (C=O) groups excluding carboxylic acids is 1. The third-order valence-electron chi connectivity index (χ3n) is 4.29. The van der Waals surface area contributed by atoms with Crippen LogP contribution in [0, 0.1) is 0 Å². The fourth-order valence-corrected chi connectivity index (χ4v) is 3.24. The zero-order valence-corrected chi connectivity index (χ0v) is 18.5. The van der Waals surface area contributed by atoms with Crippen molar-refractivity contribution in [1.29, 1.82) is 0 Å². The van der Waals surface area contributed by atoms with Crippen molar-refractivity contribution in [3.05, 3.63) is 47.2 Å². The molecule has 0 spiro atoms. The van der Waals surface area contributed by atoms with Crippen LogP contribution in [0.25, 0.3) is 10.9 Å². The molecule has 3 N–H and O–H groups in total. The molecule has 0 fully saturated rings. The second-order valence-corrected chi connectivity index (χ2v) is 7.57. The third kappa shape index (κ3) is 5.80. The Morgan fingerprint density at radius 1 is 1.27 bits per heavy atom. The summed E-state index contributed by atoms with van der Waals surface area (Å²) in [7, 11) is 1.83. The highest BCUT2D eigenvalue weighted by molar-refractivity contribution is 9.10. The molecule has 0 saturated heterocycles. The highest BCUT2D eigenvalue weighted by atomic mass is 79.9. The van der Waals surface area contributed by atoms with Crippen molar-refractivity contribution >= 4 is 50.0 Å². The quantitative estimate of drug-likeness (QED) is 0.358. The molecule has 158 valence electrons. The number of fused-ring (bicyclic) bond motifs is 1. The standard InChI is InChI=1S/C21H24BrN5O3/c1-3-29-20(28)12-27(2)7-8-30-19-11-18-16(10-17(19)23)21(25-13-24-18)26-15-6-4-5-14(22)9-15/h4-6,9-11,13H,3,7-8,12,23H2,1-2H3,(H,24,25,26). The van der Waals surface area contributed by atoms with Gasteiger partial charge in [-0.1, -0.05) is 22.0 Å². The average molecular weight is 474 g/mol. The highest BCUT2D eigenvalue weighted by Crippen LogP contribution is 2.31. The van der Waals surface area contributed by atoms with Crippen molar-refractivity contribution < 1.29 is 14.3 Å². The van der Waals surface area contributed by atoms with Crippen LogP contribution < -0.4 is 15.8 Å². The first-order chi connectivity index (χ1) is 14.5. The van der Waals surface area contributed by atoms with Crippen molar-refractivity contribution in [3.8, 4) is 5.75 Å². The van der Waals surface area contributed by atoms with E-state index < -0.39 is 0 Å². The van der Waals surface area contributed by atoms with Gasteiger partial charge in [0.15, 0.2) is 0 Å². The normalized spacial score (nSPS) is 10.9. The summed E-state index contributed by atoms with van der Waals surface area (Å²) in [4.78, 5) is 22.0. The molecule has 8 nitrogen and oxygen atoms in total. The van der Waals surface area contributed by atoms with E-state index in [1.165, 1.54) is 6.33 Å². The van der Waals surface area contributed by atoms with Crippen LogP contribution in [-0.4, -0.2) is 54.2 Å². The highest BCUT2D eigenvalue weighted by Gasteiger charge is 2.11. The van der Waals surface area contributed by atoms with Crippen molar-refractivity contribution in [2.45, 2.75) is 6.92 Å². The minimum atomic E-state index is -0.257. The number of nitrogen functional groups attached to an aromatic ring is 1. The summed E-state index contributed by atoms with van der Waals surface area (Å²) in [6.07, 6.45) is 1.50. The molecule has 0 bridgehead atoms. The number of ether oxygens (including phenoxy) is 2. The molecule has 0 saturated carbocycles. The first kappa shape index (κ1) is 21.8. The number of likely N-dealkylation sites (N-methyl/N-ethyl adjacent to an activating group) is 1. The molecule has 0 radical (unpaired) electrons. The number of benzene rings is 2. The van der Waals surface area contributed by atoms with Crippen LogP contribution in [0.3, 0.4) is 0 Å². The lowest BCUT2D eigenvalue weighted by atomic mass is 10.2. The fraction of sp³-hybridized carbons (Fsp3) is 0.286. The number of nitrogens with zero attached hydrogens (tertiary/aromatic N) is 3. The second kappa shape index (κ2) is 10.2. The van der Waals surface area contributed by atoms with E-state index in [2.05, 4.69) is 31.2 Å². The molecule has 30 heavy (non-hydrogen) atoms. The zero-order chi connectivity index (χ0) is 21.5.